The van der Waals surface area contributed by atoms with Crippen molar-refractivity contribution in [2.45, 2.75) is 13.5 Å². The Bertz CT molecular complexity index is 577. The van der Waals surface area contributed by atoms with Gasteiger partial charge >= 0.3 is 0 Å². The van der Waals surface area contributed by atoms with Gasteiger partial charge in [0.15, 0.2) is 5.82 Å². The van der Waals surface area contributed by atoms with Gasteiger partial charge in [0.1, 0.15) is 6.33 Å². The van der Waals surface area contributed by atoms with Crippen LogP contribution in [0.2, 0.25) is 0 Å². The molecule has 0 aliphatic rings. The number of hydrogen-bond acceptors (Lipinski definition) is 5. The van der Waals surface area contributed by atoms with Gasteiger partial charge in [-0.15, -0.1) is 10.2 Å². The minimum absolute atomic E-state index is 0.227. The van der Waals surface area contributed by atoms with Crippen LogP contribution in [-0.2, 0) is 13.6 Å². The van der Waals surface area contributed by atoms with Gasteiger partial charge in [-0.1, -0.05) is 0 Å². The van der Waals surface area contributed by atoms with Crippen LogP contribution in [0.25, 0.3) is 0 Å². The fourth-order valence-corrected chi connectivity index (χ4v) is 1.50. The van der Waals surface area contributed by atoms with Crippen LogP contribution in [0.15, 0.2) is 18.6 Å². The molecule has 2 aromatic heterocycles. The molecule has 0 aliphatic heterocycles. The van der Waals surface area contributed by atoms with E-state index in [1.165, 1.54) is 6.20 Å². The smallest absolute Gasteiger partial charge is 0.253 e. The van der Waals surface area contributed by atoms with Crippen molar-refractivity contribution >= 4 is 11.6 Å². The molecular weight excluding hydrogens is 232 g/mol. The summed E-state index contributed by atoms with van der Waals surface area (Å²) < 4.78 is 1.74. The zero-order chi connectivity index (χ0) is 13.1. The van der Waals surface area contributed by atoms with E-state index in [1.807, 2.05) is 7.05 Å². The van der Waals surface area contributed by atoms with Crippen LogP contribution in [0.1, 0.15) is 21.9 Å². The number of rotatable bonds is 3. The SMILES string of the molecule is Cc1ncc(N)cc1C(=O)NCc1nncn1C. The summed E-state index contributed by atoms with van der Waals surface area (Å²) >= 11 is 0. The van der Waals surface area contributed by atoms with Crippen LogP contribution in [0.3, 0.4) is 0 Å². The maximum absolute atomic E-state index is 12.0. The number of pyridine rings is 1. The Balaban J connectivity index is 2.08. The van der Waals surface area contributed by atoms with E-state index in [1.54, 1.807) is 23.9 Å². The molecule has 0 unspecified atom stereocenters. The quantitative estimate of drug-likeness (QED) is 0.796. The van der Waals surface area contributed by atoms with E-state index in [0.717, 1.165) is 0 Å². The number of amides is 1. The van der Waals surface area contributed by atoms with Crippen LogP contribution < -0.4 is 11.1 Å². The highest BCUT2D eigenvalue weighted by molar-refractivity contribution is 5.95. The predicted octanol–water partition coefficient (Wildman–Crippen LogP) is 0.0307. The molecule has 7 heteroatoms. The van der Waals surface area contributed by atoms with Gasteiger partial charge in [0, 0.05) is 7.05 Å². The van der Waals surface area contributed by atoms with E-state index in [2.05, 4.69) is 20.5 Å². The van der Waals surface area contributed by atoms with Crippen LogP contribution >= 0.6 is 0 Å². The largest absolute Gasteiger partial charge is 0.397 e. The van der Waals surface area contributed by atoms with Gasteiger partial charge in [-0.05, 0) is 13.0 Å². The van der Waals surface area contributed by atoms with Crippen LogP contribution in [0.4, 0.5) is 5.69 Å². The lowest BCUT2D eigenvalue weighted by Crippen LogP contribution is -2.25. The molecule has 2 rings (SSSR count). The molecule has 0 atom stereocenters. The summed E-state index contributed by atoms with van der Waals surface area (Å²) in [5.41, 5.74) is 7.18. The van der Waals surface area contributed by atoms with Gasteiger partial charge in [0.05, 0.1) is 29.7 Å². The van der Waals surface area contributed by atoms with Crippen LogP contribution in [0, 0.1) is 6.92 Å². The lowest BCUT2D eigenvalue weighted by molar-refractivity contribution is 0.0948. The fraction of sp³-hybridized carbons (Fsp3) is 0.273. The molecule has 0 radical (unpaired) electrons. The highest BCUT2D eigenvalue weighted by Gasteiger charge is 2.11. The second kappa shape index (κ2) is 4.82. The second-order valence-corrected chi connectivity index (χ2v) is 3.94. The number of nitrogens with one attached hydrogen (secondary N) is 1. The first-order chi connectivity index (χ1) is 8.58. The molecule has 1 amide bonds. The predicted molar refractivity (Wildman–Crippen MR) is 65.6 cm³/mol. The van der Waals surface area contributed by atoms with E-state index in [0.29, 0.717) is 29.3 Å². The third-order valence-corrected chi connectivity index (χ3v) is 2.56. The van der Waals surface area contributed by atoms with Crippen molar-refractivity contribution in [2.75, 3.05) is 5.73 Å². The van der Waals surface area contributed by atoms with Crippen molar-refractivity contribution in [1.82, 2.24) is 25.1 Å². The summed E-state index contributed by atoms with van der Waals surface area (Å²) in [7, 11) is 1.81. The molecule has 0 spiro atoms. The maximum Gasteiger partial charge on any atom is 0.253 e. The number of carbonyl (C=O) groups is 1. The van der Waals surface area contributed by atoms with Crippen molar-refractivity contribution in [1.29, 1.82) is 0 Å². The average molecular weight is 246 g/mol. The van der Waals surface area contributed by atoms with Crippen molar-refractivity contribution in [3.8, 4) is 0 Å². The number of nitrogens with zero attached hydrogens (tertiary/aromatic N) is 4. The first-order valence-electron chi connectivity index (χ1n) is 5.41. The molecule has 3 N–H and O–H groups in total. The number of nitrogen functional groups attached to an aromatic ring is 1. The highest BCUT2D eigenvalue weighted by Crippen LogP contribution is 2.09. The van der Waals surface area contributed by atoms with Gasteiger partial charge in [-0.3, -0.25) is 9.78 Å². The summed E-state index contributed by atoms with van der Waals surface area (Å²) in [5.74, 6) is 0.452. The second-order valence-electron chi connectivity index (χ2n) is 3.94. The molecule has 0 aromatic carbocycles. The standard InChI is InChI=1S/C11H14N6O/c1-7-9(3-8(12)4-13-7)11(18)14-5-10-16-15-6-17(10)2/h3-4,6H,5,12H2,1-2H3,(H,14,18). The van der Waals surface area contributed by atoms with Crippen LogP contribution in [0.5, 0.6) is 0 Å². The number of carbonyl (C=O) groups excluding carboxylic acids is 1. The Labute approximate surface area is 104 Å². The summed E-state index contributed by atoms with van der Waals surface area (Å²) in [6.45, 7) is 2.07. The summed E-state index contributed by atoms with van der Waals surface area (Å²) in [4.78, 5) is 16.0. The normalized spacial score (nSPS) is 10.3. The molecule has 7 nitrogen and oxygen atoms in total. The van der Waals surface area contributed by atoms with E-state index < -0.39 is 0 Å². The molecule has 0 saturated carbocycles. The molecular formula is C11H14N6O. The third kappa shape index (κ3) is 2.45. The zero-order valence-electron chi connectivity index (χ0n) is 10.2. The van der Waals surface area contributed by atoms with Gasteiger partial charge < -0.3 is 15.6 Å². The molecule has 0 aliphatic carbocycles. The Morgan fingerprint density at radius 3 is 3.00 bits per heavy atom. The molecule has 18 heavy (non-hydrogen) atoms. The zero-order valence-corrected chi connectivity index (χ0v) is 10.2. The topological polar surface area (TPSA) is 98.7 Å². The molecule has 0 fully saturated rings. The van der Waals surface area contributed by atoms with Crippen molar-refractivity contribution < 1.29 is 4.79 Å². The van der Waals surface area contributed by atoms with E-state index in [-0.39, 0.29) is 5.91 Å². The highest BCUT2D eigenvalue weighted by atomic mass is 16.1. The number of aromatic nitrogens is 4. The average Bonchev–Trinajstić information content (AvgIpc) is 2.75. The summed E-state index contributed by atoms with van der Waals surface area (Å²) in [5, 5.41) is 10.4. The minimum atomic E-state index is -0.227. The fourth-order valence-electron chi connectivity index (χ4n) is 1.50. The van der Waals surface area contributed by atoms with Gasteiger partial charge in [0.25, 0.3) is 5.91 Å². The Hall–Kier alpha value is -2.44. The Morgan fingerprint density at radius 1 is 1.56 bits per heavy atom. The number of hydrogen-bond donors (Lipinski definition) is 2. The molecule has 0 saturated heterocycles. The lowest BCUT2D eigenvalue weighted by atomic mass is 10.2. The third-order valence-electron chi connectivity index (χ3n) is 2.56. The first-order valence-corrected chi connectivity index (χ1v) is 5.41. The van der Waals surface area contributed by atoms with E-state index >= 15 is 0 Å². The van der Waals surface area contributed by atoms with Crippen molar-refractivity contribution in [3.05, 3.63) is 35.7 Å². The molecule has 2 aromatic rings. The molecule has 2 heterocycles. The first kappa shape index (κ1) is 12.0. The molecule has 0 bridgehead atoms. The monoisotopic (exact) mass is 246 g/mol. The van der Waals surface area contributed by atoms with Crippen molar-refractivity contribution in [3.63, 3.8) is 0 Å². The lowest BCUT2D eigenvalue weighted by Gasteiger charge is -2.07. The summed E-state index contributed by atoms with van der Waals surface area (Å²) in [6, 6.07) is 1.61. The Kier molecular flexibility index (Phi) is 3.22. The number of aryl methyl sites for hydroxylation is 2. The molecule has 94 valence electrons. The number of anilines is 1. The van der Waals surface area contributed by atoms with Crippen molar-refractivity contribution in [2.24, 2.45) is 7.05 Å². The van der Waals surface area contributed by atoms with Gasteiger partial charge in [-0.25, -0.2) is 0 Å². The van der Waals surface area contributed by atoms with Gasteiger partial charge in [0.2, 0.25) is 0 Å². The number of nitrogens with two attached hydrogens (primary N) is 1. The minimum Gasteiger partial charge on any atom is -0.397 e. The van der Waals surface area contributed by atoms with E-state index in [4.69, 9.17) is 5.73 Å². The van der Waals surface area contributed by atoms with E-state index in [9.17, 15) is 4.79 Å². The van der Waals surface area contributed by atoms with Gasteiger partial charge in [-0.2, -0.15) is 0 Å². The summed E-state index contributed by atoms with van der Waals surface area (Å²) in [6.07, 6.45) is 3.10. The van der Waals surface area contributed by atoms with Crippen LogP contribution in [-0.4, -0.2) is 25.7 Å². The Morgan fingerprint density at radius 2 is 2.33 bits per heavy atom. The maximum atomic E-state index is 12.0.